The number of furan rings is 1. The Labute approximate surface area is 162 Å². The molecule has 0 spiro atoms. The third kappa shape index (κ3) is 3.24. The summed E-state index contributed by atoms with van der Waals surface area (Å²) in [4.78, 5) is 10.4. The smallest absolute Gasteiger partial charge is 0.273 e. The monoisotopic (exact) mass is 400 g/mol. The van der Waals surface area contributed by atoms with E-state index in [4.69, 9.17) is 4.42 Å². The lowest BCUT2D eigenvalue weighted by Crippen LogP contribution is -2.13. The summed E-state index contributed by atoms with van der Waals surface area (Å²) in [7, 11) is -3.95. The van der Waals surface area contributed by atoms with Gasteiger partial charge in [-0.05, 0) is 49.9 Å². The van der Waals surface area contributed by atoms with Crippen molar-refractivity contribution < 1.29 is 17.8 Å². The van der Waals surface area contributed by atoms with Crippen LogP contribution in [-0.2, 0) is 22.9 Å². The lowest BCUT2D eigenvalue weighted by Gasteiger charge is -2.16. The molecule has 0 radical (unpaired) electrons. The number of nitrogens with zero attached hydrogens (tertiary/aromatic N) is 1. The van der Waals surface area contributed by atoms with Gasteiger partial charge in [0.25, 0.3) is 15.7 Å². The van der Waals surface area contributed by atoms with E-state index in [1.54, 1.807) is 25.1 Å². The minimum absolute atomic E-state index is 0.146. The van der Waals surface area contributed by atoms with Gasteiger partial charge in [-0.1, -0.05) is 13.0 Å². The highest BCUT2D eigenvalue weighted by atomic mass is 32.2. The van der Waals surface area contributed by atoms with Gasteiger partial charge in [-0.2, -0.15) is 0 Å². The van der Waals surface area contributed by atoms with Crippen LogP contribution < -0.4 is 4.72 Å². The van der Waals surface area contributed by atoms with Crippen molar-refractivity contribution in [2.45, 2.75) is 38.0 Å². The van der Waals surface area contributed by atoms with Crippen LogP contribution in [0, 0.1) is 23.0 Å². The molecule has 3 aromatic rings. The van der Waals surface area contributed by atoms with Gasteiger partial charge in [-0.3, -0.25) is 14.8 Å². The Kier molecular flexibility index (Phi) is 4.38. The van der Waals surface area contributed by atoms with Gasteiger partial charge in [0.1, 0.15) is 11.3 Å². The Morgan fingerprint density at radius 1 is 1.21 bits per heavy atom. The summed E-state index contributed by atoms with van der Waals surface area (Å²) in [6, 6.07) is 9.05. The molecule has 8 heteroatoms. The van der Waals surface area contributed by atoms with Gasteiger partial charge in [-0.25, -0.2) is 8.42 Å². The fraction of sp³-hybridized carbons (Fsp3) is 0.300. The van der Waals surface area contributed by atoms with Crippen molar-refractivity contribution in [2.75, 3.05) is 4.72 Å². The lowest BCUT2D eigenvalue weighted by molar-refractivity contribution is -0.385. The zero-order valence-electron chi connectivity index (χ0n) is 15.6. The van der Waals surface area contributed by atoms with Crippen LogP contribution in [0.25, 0.3) is 11.0 Å². The Morgan fingerprint density at radius 3 is 2.75 bits per heavy atom. The van der Waals surface area contributed by atoms with Gasteiger partial charge in [-0.15, -0.1) is 0 Å². The van der Waals surface area contributed by atoms with E-state index < -0.39 is 14.9 Å². The summed E-state index contributed by atoms with van der Waals surface area (Å²) in [5.74, 6) is 1.53. The number of nitrogens with one attached hydrogen (secondary N) is 1. The molecule has 0 saturated carbocycles. The summed E-state index contributed by atoms with van der Waals surface area (Å²) < 4.78 is 33.9. The molecule has 1 atom stereocenters. The summed E-state index contributed by atoms with van der Waals surface area (Å²) in [5, 5.41) is 12.0. The molecule has 1 N–H and O–H groups in total. The second-order valence-electron chi connectivity index (χ2n) is 7.37. The predicted molar refractivity (Wildman–Crippen MR) is 106 cm³/mol. The van der Waals surface area contributed by atoms with Crippen molar-refractivity contribution in [3.63, 3.8) is 0 Å². The van der Waals surface area contributed by atoms with E-state index >= 15 is 0 Å². The Morgan fingerprint density at radius 2 is 2.00 bits per heavy atom. The molecular formula is C20H20N2O5S. The molecule has 0 fully saturated rings. The van der Waals surface area contributed by atoms with E-state index in [-0.39, 0.29) is 10.6 Å². The Hall–Kier alpha value is -2.87. The highest BCUT2D eigenvalue weighted by Gasteiger charge is 2.23. The fourth-order valence-corrected chi connectivity index (χ4v) is 4.75. The number of aryl methyl sites for hydroxylation is 2. The van der Waals surface area contributed by atoms with Crippen molar-refractivity contribution in [3.05, 3.63) is 63.4 Å². The number of nitro benzene ring substituents is 1. The second-order valence-corrected chi connectivity index (χ2v) is 9.06. The van der Waals surface area contributed by atoms with E-state index in [0.717, 1.165) is 47.6 Å². The molecule has 1 aliphatic carbocycles. The van der Waals surface area contributed by atoms with Gasteiger partial charge >= 0.3 is 0 Å². The number of rotatable bonds is 4. The number of benzene rings is 2. The van der Waals surface area contributed by atoms with E-state index in [1.807, 2.05) is 0 Å². The van der Waals surface area contributed by atoms with Gasteiger partial charge < -0.3 is 4.42 Å². The molecule has 1 heterocycles. The van der Waals surface area contributed by atoms with E-state index in [9.17, 15) is 18.5 Å². The molecule has 0 amide bonds. The second kappa shape index (κ2) is 6.63. The van der Waals surface area contributed by atoms with Gasteiger partial charge in [0.2, 0.25) is 0 Å². The van der Waals surface area contributed by atoms with Gasteiger partial charge in [0, 0.05) is 34.7 Å². The molecule has 7 nitrogen and oxygen atoms in total. The van der Waals surface area contributed by atoms with Gasteiger partial charge in [0.05, 0.1) is 9.82 Å². The quantitative estimate of drug-likeness (QED) is 0.510. The first-order valence-corrected chi connectivity index (χ1v) is 10.5. The van der Waals surface area contributed by atoms with Crippen LogP contribution in [0.1, 0.15) is 30.2 Å². The molecule has 1 aliphatic rings. The fourth-order valence-electron chi connectivity index (χ4n) is 3.68. The first-order valence-electron chi connectivity index (χ1n) is 9.07. The normalized spacial score (nSPS) is 16.7. The minimum atomic E-state index is -3.95. The lowest BCUT2D eigenvalue weighted by atomic mass is 9.88. The molecule has 0 unspecified atom stereocenters. The number of hydrogen-bond acceptors (Lipinski definition) is 5. The average molecular weight is 400 g/mol. The molecule has 146 valence electrons. The summed E-state index contributed by atoms with van der Waals surface area (Å²) in [6.07, 6.45) is 2.88. The van der Waals surface area contributed by atoms with Crippen LogP contribution in [0.3, 0.4) is 0 Å². The molecule has 0 saturated heterocycles. The molecule has 2 aromatic carbocycles. The summed E-state index contributed by atoms with van der Waals surface area (Å²) in [5.41, 5.74) is 2.46. The van der Waals surface area contributed by atoms with E-state index in [1.165, 1.54) is 12.1 Å². The largest absolute Gasteiger partial charge is 0.461 e. The summed E-state index contributed by atoms with van der Waals surface area (Å²) >= 11 is 0. The van der Waals surface area contributed by atoms with Crippen molar-refractivity contribution in [1.82, 2.24) is 0 Å². The number of fused-ring (bicyclic) bond motifs is 3. The Bertz CT molecular complexity index is 1200. The molecule has 4 rings (SSSR count). The predicted octanol–water partition coefficient (Wildman–Crippen LogP) is 4.58. The van der Waals surface area contributed by atoms with E-state index in [2.05, 4.69) is 11.6 Å². The number of anilines is 1. The zero-order chi connectivity index (χ0) is 20.1. The third-order valence-corrected chi connectivity index (χ3v) is 6.61. The highest BCUT2D eigenvalue weighted by Crippen LogP contribution is 2.35. The van der Waals surface area contributed by atoms with Crippen molar-refractivity contribution in [1.29, 1.82) is 0 Å². The van der Waals surface area contributed by atoms with Crippen LogP contribution in [0.5, 0.6) is 0 Å². The maximum Gasteiger partial charge on any atom is 0.273 e. The first kappa shape index (κ1) is 18.5. The maximum atomic E-state index is 12.7. The first-order chi connectivity index (χ1) is 13.2. The number of hydrogen-bond donors (Lipinski definition) is 1. The van der Waals surface area contributed by atoms with Crippen LogP contribution >= 0.6 is 0 Å². The molecule has 1 aromatic heterocycles. The van der Waals surface area contributed by atoms with Crippen LogP contribution in [0.4, 0.5) is 11.4 Å². The van der Waals surface area contributed by atoms with Crippen LogP contribution in [0.15, 0.2) is 45.7 Å². The number of sulfonamides is 1. The van der Waals surface area contributed by atoms with Crippen LogP contribution in [0.2, 0.25) is 0 Å². The van der Waals surface area contributed by atoms with Crippen molar-refractivity contribution in [3.8, 4) is 0 Å². The zero-order valence-corrected chi connectivity index (χ0v) is 16.4. The molecule has 0 bridgehead atoms. The average Bonchev–Trinajstić information content (AvgIpc) is 2.98. The third-order valence-electron chi connectivity index (χ3n) is 5.23. The number of nitro groups is 1. The minimum Gasteiger partial charge on any atom is -0.461 e. The SMILES string of the molecule is Cc1ccc(S(=O)(=O)Nc2ccc3oc4c(c3c2)C[C@@H](C)CC4)cc1[N+](=O)[O-]. The van der Waals surface area contributed by atoms with E-state index in [0.29, 0.717) is 17.2 Å². The standard InChI is InChI=1S/C20H20N2O5S/c1-12-3-7-19-16(9-12)17-10-14(5-8-20(17)27-19)21-28(25,26)15-6-4-13(2)18(11-15)22(23)24/h4-6,8,10-12,21H,3,7,9H2,1-2H3/t12-/m0/s1. The molecule has 0 aliphatic heterocycles. The maximum absolute atomic E-state index is 12.7. The molecular weight excluding hydrogens is 380 g/mol. The van der Waals surface area contributed by atoms with Crippen LogP contribution in [-0.4, -0.2) is 13.3 Å². The Balaban J connectivity index is 1.70. The van der Waals surface area contributed by atoms with Gasteiger partial charge in [0.15, 0.2) is 0 Å². The molecule has 28 heavy (non-hydrogen) atoms. The highest BCUT2D eigenvalue weighted by molar-refractivity contribution is 7.92. The topological polar surface area (TPSA) is 102 Å². The van der Waals surface area contributed by atoms with Crippen molar-refractivity contribution >= 4 is 32.4 Å². The summed E-state index contributed by atoms with van der Waals surface area (Å²) in [6.45, 7) is 3.76. The van der Waals surface area contributed by atoms with Crippen molar-refractivity contribution in [2.24, 2.45) is 5.92 Å².